The molecule has 0 saturated carbocycles. The zero-order chi connectivity index (χ0) is 10.8. The van der Waals surface area contributed by atoms with Crippen molar-refractivity contribution in [1.29, 1.82) is 0 Å². The van der Waals surface area contributed by atoms with Gasteiger partial charge in [0.25, 0.3) is 0 Å². The molecule has 0 saturated heterocycles. The number of aromatic nitrogens is 1. The smallest absolute Gasteiger partial charge is 0.304 e. The first-order valence-corrected chi connectivity index (χ1v) is 4.73. The second kappa shape index (κ2) is 3.73. The van der Waals surface area contributed by atoms with Gasteiger partial charge in [0.05, 0.1) is 6.42 Å². The van der Waals surface area contributed by atoms with Crippen molar-refractivity contribution in [2.24, 2.45) is 0 Å². The predicted octanol–water partition coefficient (Wildman–Crippen LogP) is 2.41. The minimum atomic E-state index is -0.823. The van der Waals surface area contributed by atoms with E-state index in [-0.39, 0.29) is 12.3 Å². The van der Waals surface area contributed by atoms with Gasteiger partial charge in [-0.25, -0.2) is 0 Å². The first-order valence-electron chi connectivity index (χ1n) is 4.73. The molecule has 2 rings (SSSR count). The SMILES string of the molecule is CC(CC(=O)O)c1cc2ncccc2o1. The van der Waals surface area contributed by atoms with Crippen molar-refractivity contribution in [2.45, 2.75) is 19.3 Å². The maximum absolute atomic E-state index is 10.5. The molecule has 1 atom stereocenters. The van der Waals surface area contributed by atoms with Crippen LogP contribution in [0.15, 0.2) is 28.8 Å². The molecule has 2 heterocycles. The highest BCUT2D eigenvalue weighted by atomic mass is 16.4. The molecular formula is C11H11NO3. The molecule has 0 radical (unpaired) electrons. The number of aliphatic carboxylic acids is 1. The monoisotopic (exact) mass is 205 g/mol. The second-order valence-corrected chi connectivity index (χ2v) is 3.53. The highest BCUT2D eigenvalue weighted by Crippen LogP contribution is 2.25. The van der Waals surface area contributed by atoms with Gasteiger partial charge in [-0.15, -0.1) is 0 Å². The van der Waals surface area contributed by atoms with Crippen LogP contribution in [-0.2, 0) is 4.79 Å². The lowest BCUT2D eigenvalue weighted by molar-refractivity contribution is -0.137. The maximum atomic E-state index is 10.5. The number of carboxylic acid groups (broad SMARTS) is 1. The molecule has 0 spiro atoms. The summed E-state index contributed by atoms with van der Waals surface area (Å²) in [6, 6.07) is 5.40. The van der Waals surface area contributed by atoms with E-state index in [9.17, 15) is 4.79 Å². The standard InChI is InChI=1S/C11H11NO3/c1-7(5-11(13)14)10-6-8-9(15-10)3-2-4-12-8/h2-4,6-7H,5H2,1H3,(H,13,14). The molecule has 0 bridgehead atoms. The van der Waals surface area contributed by atoms with Gasteiger partial charge in [-0.2, -0.15) is 0 Å². The van der Waals surface area contributed by atoms with Crippen LogP contribution in [0.4, 0.5) is 0 Å². The van der Waals surface area contributed by atoms with Gasteiger partial charge < -0.3 is 9.52 Å². The molecule has 0 aliphatic heterocycles. The number of hydrogen-bond donors (Lipinski definition) is 1. The normalized spacial score (nSPS) is 12.9. The molecular weight excluding hydrogens is 194 g/mol. The minimum Gasteiger partial charge on any atom is -0.481 e. The molecule has 2 aromatic rings. The quantitative estimate of drug-likeness (QED) is 0.835. The van der Waals surface area contributed by atoms with Crippen molar-refractivity contribution in [3.63, 3.8) is 0 Å². The Labute approximate surface area is 86.5 Å². The summed E-state index contributed by atoms with van der Waals surface area (Å²) in [6.45, 7) is 1.83. The number of pyridine rings is 1. The van der Waals surface area contributed by atoms with E-state index >= 15 is 0 Å². The van der Waals surface area contributed by atoms with Gasteiger partial charge in [-0.3, -0.25) is 9.78 Å². The lowest BCUT2D eigenvalue weighted by Crippen LogP contribution is -2.01. The molecule has 15 heavy (non-hydrogen) atoms. The lowest BCUT2D eigenvalue weighted by Gasteiger charge is -2.02. The van der Waals surface area contributed by atoms with E-state index < -0.39 is 5.97 Å². The van der Waals surface area contributed by atoms with Gasteiger partial charge in [0.1, 0.15) is 11.3 Å². The van der Waals surface area contributed by atoms with Crippen LogP contribution in [0.3, 0.4) is 0 Å². The van der Waals surface area contributed by atoms with Crippen molar-refractivity contribution < 1.29 is 14.3 Å². The number of carbonyl (C=O) groups is 1. The van der Waals surface area contributed by atoms with Crippen LogP contribution in [0.2, 0.25) is 0 Å². The van der Waals surface area contributed by atoms with Crippen LogP contribution < -0.4 is 0 Å². The molecule has 4 nitrogen and oxygen atoms in total. The summed E-state index contributed by atoms with van der Waals surface area (Å²) in [5, 5.41) is 8.66. The van der Waals surface area contributed by atoms with Crippen molar-refractivity contribution in [3.05, 3.63) is 30.2 Å². The third-order valence-electron chi connectivity index (χ3n) is 2.27. The Balaban J connectivity index is 2.32. The van der Waals surface area contributed by atoms with E-state index in [1.54, 1.807) is 18.3 Å². The summed E-state index contributed by atoms with van der Waals surface area (Å²) in [4.78, 5) is 14.7. The second-order valence-electron chi connectivity index (χ2n) is 3.53. The Morgan fingerprint density at radius 1 is 1.67 bits per heavy atom. The molecule has 0 amide bonds. The van der Waals surface area contributed by atoms with Gasteiger partial charge >= 0.3 is 5.97 Å². The zero-order valence-electron chi connectivity index (χ0n) is 8.30. The highest BCUT2D eigenvalue weighted by Gasteiger charge is 2.14. The number of nitrogens with zero attached hydrogens (tertiary/aromatic N) is 1. The summed E-state index contributed by atoms with van der Waals surface area (Å²) in [6.07, 6.45) is 1.75. The summed E-state index contributed by atoms with van der Waals surface area (Å²) in [7, 11) is 0. The van der Waals surface area contributed by atoms with Crippen molar-refractivity contribution in [2.75, 3.05) is 0 Å². The van der Waals surface area contributed by atoms with E-state index in [0.717, 1.165) is 5.52 Å². The minimum absolute atomic E-state index is 0.0693. The molecule has 0 aromatic carbocycles. The van der Waals surface area contributed by atoms with Crippen molar-refractivity contribution in [1.82, 2.24) is 4.98 Å². The van der Waals surface area contributed by atoms with Crippen LogP contribution in [0.5, 0.6) is 0 Å². The third kappa shape index (κ3) is 1.98. The van der Waals surface area contributed by atoms with Crippen LogP contribution in [-0.4, -0.2) is 16.1 Å². The van der Waals surface area contributed by atoms with E-state index in [1.165, 1.54) is 0 Å². The Bertz CT molecular complexity index is 456. The summed E-state index contributed by atoms with van der Waals surface area (Å²) in [5.41, 5.74) is 1.47. The molecule has 1 unspecified atom stereocenters. The molecule has 0 fully saturated rings. The number of rotatable bonds is 3. The van der Waals surface area contributed by atoms with Crippen LogP contribution >= 0.6 is 0 Å². The summed E-state index contributed by atoms with van der Waals surface area (Å²) >= 11 is 0. The number of hydrogen-bond acceptors (Lipinski definition) is 3. The summed E-state index contributed by atoms with van der Waals surface area (Å²) < 4.78 is 5.50. The molecule has 2 aromatic heterocycles. The van der Waals surface area contributed by atoms with Gasteiger partial charge in [0, 0.05) is 18.2 Å². The molecule has 0 aliphatic carbocycles. The fraction of sp³-hybridized carbons (Fsp3) is 0.273. The topological polar surface area (TPSA) is 63.3 Å². The first-order chi connectivity index (χ1) is 7.16. The van der Waals surface area contributed by atoms with E-state index in [2.05, 4.69) is 4.98 Å². The van der Waals surface area contributed by atoms with E-state index in [4.69, 9.17) is 9.52 Å². The fourth-order valence-corrected chi connectivity index (χ4v) is 1.49. The number of fused-ring (bicyclic) bond motifs is 1. The van der Waals surface area contributed by atoms with Crippen molar-refractivity contribution in [3.8, 4) is 0 Å². The Morgan fingerprint density at radius 3 is 3.13 bits per heavy atom. The van der Waals surface area contributed by atoms with Crippen LogP contribution in [0.25, 0.3) is 11.1 Å². The molecule has 78 valence electrons. The Hall–Kier alpha value is -1.84. The summed E-state index contributed by atoms with van der Waals surface area (Å²) in [5.74, 6) is -0.279. The van der Waals surface area contributed by atoms with Crippen LogP contribution in [0, 0.1) is 0 Å². The molecule has 4 heteroatoms. The van der Waals surface area contributed by atoms with Gasteiger partial charge in [0.2, 0.25) is 0 Å². The number of furan rings is 1. The Kier molecular flexibility index (Phi) is 2.41. The predicted molar refractivity (Wildman–Crippen MR) is 54.7 cm³/mol. The van der Waals surface area contributed by atoms with Crippen molar-refractivity contribution >= 4 is 17.1 Å². The Morgan fingerprint density at radius 2 is 2.47 bits per heavy atom. The van der Waals surface area contributed by atoms with Crippen LogP contribution in [0.1, 0.15) is 25.0 Å². The van der Waals surface area contributed by atoms with E-state index in [0.29, 0.717) is 11.3 Å². The zero-order valence-corrected chi connectivity index (χ0v) is 8.30. The van der Waals surface area contributed by atoms with E-state index in [1.807, 2.05) is 13.0 Å². The average Bonchev–Trinajstić information content (AvgIpc) is 2.59. The largest absolute Gasteiger partial charge is 0.481 e. The lowest BCUT2D eigenvalue weighted by atomic mass is 10.1. The molecule has 0 aliphatic rings. The maximum Gasteiger partial charge on any atom is 0.304 e. The van der Waals surface area contributed by atoms with Gasteiger partial charge in [-0.05, 0) is 12.1 Å². The molecule has 1 N–H and O–H groups in total. The first kappa shape index (κ1) is 9.71. The highest BCUT2D eigenvalue weighted by molar-refractivity contribution is 5.73. The number of carboxylic acids is 1. The fourth-order valence-electron chi connectivity index (χ4n) is 1.49. The average molecular weight is 205 g/mol. The van der Waals surface area contributed by atoms with Gasteiger partial charge in [0.15, 0.2) is 5.58 Å². The third-order valence-corrected chi connectivity index (χ3v) is 2.27. The van der Waals surface area contributed by atoms with Gasteiger partial charge in [-0.1, -0.05) is 6.92 Å².